The lowest BCUT2D eigenvalue weighted by atomic mass is 10.1. The van der Waals surface area contributed by atoms with Crippen LogP contribution in [0.3, 0.4) is 0 Å². The minimum Gasteiger partial charge on any atom is -0.279 e. The summed E-state index contributed by atoms with van der Waals surface area (Å²) in [5, 5.41) is 0. The summed E-state index contributed by atoms with van der Waals surface area (Å²) in [7, 11) is -7.41. The van der Waals surface area contributed by atoms with E-state index in [0.29, 0.717) is 25.2 Å². The molecule has 2 aromatic rings. The van der Waals surface area contributed by atoms with E-state index < -0.39 is 20.0 Å². The highest BCUT2D eigenvalue weighted by Crippen LogP contribution is 2.22. The summed E-state index contributed by atoms with van der Waals surface area (Å²) in [6.45, 7) is 6.17. The van der Waals surface area contributed by atoms with Crippen LogP contribution in [0.15, 0.2) is 58.3 Å². The average molecular weight is 397 g/mol. The fourth-order valence-electron chi connectivity index (χ4n) is 2.64. The molecule has 0 aromatic heterocycles. The number of nitrogens with zero attached hydrogens (tertiary/aromatic N) is 1. The van der Waals surface area contributed by atoms with Crippen molar-refractivity contribution in [3.8, 4) is 0 Å². The van der Waals surface area contributed by atoms with Gasteiger partial charge in [-0.05, 0) is 42.3 Å². The van der Waals surface area contributed by atoms with Crippen molar-refractivity contribution in [1.82, 2.24) is 4.31 Å². The molecule has 0 heterocycles. The molecule has 6 nitrogen and oxygen atoms in total. The van der Waals surface area contributed by atoms with Gasteiger partial charge in [0, 0.05) is 13.1 Å². The largest absolute Gasteiger partial charge is 0.279 e. The lowest BCUT2D eigenvalue weighted by Crippen LogP contribution is -2.30. The van der Waals surface area contributed by atoms with Gasteiger partial charge in [0.05, 0.1) is 15.5 Å². The minimum absolute atomic E-state index is 0.0157. The molecule has 0 bridgehead atoms. The van der Waals surface area contributed by atoms with Crippen molar-refractivity contribution >= 4 is 25.7 Å². The molecule has 1 N–H and O–H groups in total. The van der Waals surface area contributed by atoms with Gasteiger partial charge in [0.25, 0.3) is 10.0 Å². The first-order valence-electron chi connectivity index (χ1n) is 8.47. The van der Waals surface area contributed by atoms with Gasteiger partial charge in [-0.1, -0.05) is 39.0 Å². The molecule has 0 unspecified atom stereocenters. The van der Waals surface area contributed by atoms with Crippen LogP contribution in [-0.4, -0.2) is 34.2 Å². The Bertz CT molecular complexity index is 949. The Morgan fingerprint density at radius 2 is 1.35 bits per heavy atom. The topological polar surface area (TPSA) is 83.5 Å². The highest BCUT2D eigenvalue weighted by atomic mass is 32.2. The minimum atomic E-state index is -3.80. The highest BCUT2D eigenvalue weighted by molar-refractivity contribution is 7.92. The van der Waals surface area contributed by atoms with Crippen molar-refractivity contribution in [3.05, 3.63) is 54.1 Å². The summed E-state index contributed by atoms with van der Waals surface area (Å²) in [5.41, 5.74) is 1.41. The third-order valence-electron chi connectivity index (χ3n) is 4.12. The summed E-state index contributed by atoms with van der Waals surface area (Å²) in [6, 6.07) is 12.5. The zero-order valence-electron chi connectivity index (χ0n) is 15.1. The van der Waals surface area contributed by atoms with E-state index in [9.17, 15) is 16.8 Å². The number of benzene rings is 2. The zero-order valence-corrected chi connectivity index (χ0v) is 16.8. The van der Waals surface area contributed by atoms with E-state index in [1.165, 1.54) is 28.6 Å². The predicted octanol–water partition coefficient (Wildman–Crippen LogP) is 3.08. The van der Waals surface area contributed by atoms with Crippen molar-refractivity contribution in [2.24, 2.45) is 0 Å². The van der Waals surface area contributed by atoms with E-state index in [1.807, 2.05) is 19.1 Å². The van der Waals surface area contributed by atoms with Crippen LogP contribution in [-0.2, 0) is 26.5 Å². The first kappa shape index (κ1) is 20.4. The van der Waals surface area contributed by atoms with Crippen LogP contribution in [0.1, 0.15) is 26.3 Å². The summed E-state index contributed by atoms with van der Waals surface area (Å²) in [4.78, 5) is 0.0935. The lowest BCUT2D eigenvalue weighted by molar-refractivity contribution is 0.445. The molecule has 26 heavy (non-hydrogen) atoms. The molecule has 0 saturated carbocycles. The number of sulfonamides is 2. The second-order valence-electron chi connectivity index (χ2n) is 5.68. The van der Waals surface area contributed by atoms with Crippen LogP contribution in [0.5, 0.6) is 0 Å². The number of hydrogen-bond donors (Lipinski definition) is 1. The Balaban J connectivity index is 2.32. The molecule has 0 amide bonds. The summed E-state index contributed by atoms with van der Waals surface area (Å²) in [6.07, 6.45) is 0.694. The Hall–Kier alpha value is -1.90. The zero-order chi connectivity index (χ0) is 19.4. The monoisotopic (exact) mass is 396 g/mol. The van der Waals surface area contributed by atoms with Crippen LogP contribution in [0, 0.1) is 0 Å². The van der Waals surface area contributed by atoms with E-state index in [2.05, 4.69) is 4.72 Å². The van der Waals surface area contributed by atoms with E-state index in [4.69, 9.17) is 0 Å². The first-order valence-corrected chi connectivity index (χ1v) is 11.4. The summed E-state index contributed by atoms with van der Waals surface area (Å²) >= 11 is 0. The van der Waals surface area contributed by atoms with Gasteiger partial charge >= 0.3 is 0 Å². The van der Waals surface area contributed by atoms with Crippen molar-refractivity contribution in [3.63, 3.8) is 0 Å². The van der Waals surface area contributed by atoms with E-state index in [1.54, 1.807) is 26.0 Å². The number of nitrogens with one attached hydrogen (secondary N) is 1. The maximum Gasteiger partial charge on any atom is 0.261 e. The van der Waals surface area contributed by atoms with Gasteiger partial charge in [0.2, 0.25) is 10.0 Å². The highest BCUT2D eigenvalue weighted by Gasteiger charge is 2.23. The smallest absolute Gasteiger partial charge is 0.261 e. The van der Waals surface area contributed by atoms with Crippen molar-refractivity contribution in [2.75, 3.05) is 17.8 Å². The average Bonchev–Trinajstić information content (AvgIpc) is 2.63. The third-order valence-corrected chi connectivity index (χ3v) is 7.57. The van der Waals surface area contributed by atoms with Crippen LogP contribution < -0.4 is 4.72 Å². The van der Waals surface area contributed by atoms with Crippen LogP contribution in [0.4, 0.5) is 5.69 Å². The molecule has 142 valence electrons. The summed E-state index contributed by atoms with van der Waals surface area (Å²) in [5.74, 6) is 0. The second-order valence-corrected chi connectivity index (χ2v) is 9.30. The summed E-state index contributed by atoms with van der Waals surface area (Å²) < 4.78 is 54.1. The van der Waals surface area contributed by atoms with Gasteiger partial charge in [-0.25, -0.2) is 16.8 Å². The molecular formula is C18H24N2O4S2. The fourth-order valence-corrected chi connectivity index (χ4v) is 5.19. The van der Waals surface area contributed by atoms with E-state index in [0.717, 1.165) is 5.56 Å². The van der Waals surface area contributed by atoms with Gasteiger partial charge in [-0.3, -0.25) is 4.72 Å². The first-order chi connectivity index (χ1) is 12.3. The second kappa shape index (κ2) is 8.20. The lowest BCUT2D eigenvalue weighted by Gasteiger charge is -2.18. The van der Waals surface area contributed by atoms with E-state index >= 15 is 0 Å². The molecule has 0 radical (unpaired) electrons. The molecular weight excluding hydrogens is 372 g/mol. The fraction of sp³-hybridized carbons (Fsp3) is 0.333. The SMILES string of the molecule is CCc1ccccc1NS(=O)(=O)c1ccc(S(=O)(=O)N(CC)CC)cc1. The standard InChI is InChI=1S/C18H24N2O4S2/c1-4-15-9-7-8-10-18(15)19-25(21,22)16-11-13-17(14-12-16)26(23,24)20(5-2)6-3/h7-14,19H,4-6H2,1-3H3. The van der Waals surface area contributed by atoms with Crippen molar-refractivity contribution in [1.29, 1.82) is 0 Å². The molecule has 0 aliphatic heterocycles. The maximum atomic E-state index is 12.6. The van der Waals surface area contributed by atoms with E-state index in [-0.39, 0.29) is 9.79 Å². The Morgan fingerprint density at radius 1 is 0.808 bits per heavy atom. The maximum absolute atomic E-state index is 12.6. The number of rotatable bonds is 8. The Morgan fingerprint density at radius 3 is 1.88 bits per heavy atom. The van der Waals surface area contributed by atoms with Crippen LogP contribution in [0.2, 0.25) is 0 Å². The van der Waals surface area contributed by atoms with Gasteiger partial charge < -0.3 is 0 Å². The molecule has 0 saturated heterocycles. The van der Waals surface area contributed by atoms with Gasteiger partial charge in [-0.2, -0.15) is 4.31 Å². The molecule has 8 heteroatoms. The predicted molar refractivity (Wildman–Crippen MR) is 103 cm³/mol. The number of anilines is 1. The molecule has 0 atom stereocenters. The Labute approximate surface area is 156 Å². The third kappa shape index (κ3) is 4.25. The van der Waals surface area contributed by atoms with Gasteiger partial charge in [0.1, 0.15) is 0 Å². The molecule has 2 aromatic carbocycles. The van der Waals surface area contributed by atoms with Crippen LogP contribution in [0.25, 0.3) is 0 Å². The molecule has 0 fully saturated rings. The molecule has 0 spiro atoms. The normalized spacial score (nSPS) is 12.3. The quantitative estimate of drug-likeness (QED) is 0.743. The van der Waals surface area contributed by atoms with Gasteiger partial charge in [0.15, 0.2) is 0 Å². The van der Waals surface area contributed by atoms with Crippen LogP contribution >= 0.6 is 0 Å². The van der Waals surface area contributed by atoms with Crippen molar-refractivity contribution < 1.29 is 16.8 Å². The Kier molecular flexibility index (Phi) is 6.44. The van der Waals surface area contributed by atoms with Gasteiger partial charge in [-0.15, -0.1) is 0 Å². The molecule has 0 aliphatic carbocycles. The number of aryl methyl sites for hydroxylation is 1. The number of hydrogen-bond acceptors (Lipinski definition) is 4. The number of para-hydroxylation sites is 1. The van der Waals surface area contributed by atoms with Crippen molar-refractivity contribution in [2.45, 2.75) is 37.0 Å². The molecule has 0 aliphatic rings. The molecule has 2 rings (SSSR count).